The van der Waals surface area contributed by atoms with Gasteiger partial charge in [-0.05, 0) is 49.1 Å². The lowest BCUT2D eigenvalue weighted by Gasteiger charge is -2.15. The SMILES string of the molecule is CC1Cc2cc(C(=O)C3(c4ccccc4)CC3)ccc2O1. The van der Waals surface area contributed by atoms with Gasteiger partial charge in [0.15, 0.2) is 5.78 Å². The third kappa shape index (κ3) is 1.98. The number of benzene rings is 2. The van der Waals surface area contributed by atoms with Crippen molar-refractivity contribution in [1.82, 2.24) is 0 Å². The summed E-state index contributed by atoms with van der Waals surface area (Å²) in [5.74, 6) is 1.19. The lowest BCUT2D eigenvalue weighted by atomic mass is 9.87. The Morgan fingerprint density at radius 1 is 1.14 bits per heavy atom. The number of Topliss-reactive ketones (excluding diaryl/α,β-unsaturated/α-hetero) is 1. The van der Waals surface area contributed by atoms with E-state index in [-0.39, 0.29) is 17.3 Å². The third-order valence-corrected chi connectivity index (χ3v) is 4.67. The van der Waals surface area contributed by atoms with Gasteiger partial charge in [-0.1, -0.05) is 30.3 Å². The maximum absolute atomic E-state index is 13.0. The van der Waals surface area contributed by atoms with Crippen molar-refractivity contribution in [3.63, 3.8) is 0 Å². The monoisotopic (exact) mass is 278 g/mol. The second kappa shape index (κ2) is 4.45. The van der Waals surface area contributed by atoms with E-state index in [4.69, 9.17) is 4.74 Å². The second-order valence-electron chi connectivity index (χ2n) is 6.23. The van der Waals surface area contributed by atoms with E-state index >= 15 is 0 Å². The van der Waals surface area contributed by atoms with E-state index < -0.39 is 0 Å². The highest BCUT2D eigenvalue weighted by molar-refractivity contribution is 6.06. The predicted molar refractivity (Wildman–Crippen MR) is 81.9 cm³/mol. The summed E-state index contributed by atoms with van der Waals surface area (Å²) in [5, 5.41) is 0. The maximum Gasteiger partial charge on any atom is 0.173 e. The van der Waals surface area contributed by atoms with E-state index in [2.05, 4.69) is 19.1 Å². The third-order valence-electron chi connectivity index (χ3n) is 4.67. The van der Waals surface area contributed by atoms with Crippen LogP contribution in [-0.2, 0) is 11.8 Å². The van der Waals surface area contributed by atoms with Crippen molar-refractivity contribution in [2.24, 2.45) is 0 Å². The molecule has 2 aromatic carbocycles. The molecule has 0 aromatic heterocycles. The maximum atomic E-state index is 13.0. The first-order chi connectivity index (χ1) is 10.2. The standard InChI is InChI=1S/C19H18O2/c1-13-11-15-12-14(7-8-17(15)21-13)18(20)19(9-10-19)16-5-3-2-4-6-16/h2-8,12-13H,9-11H2,1H3. The molecule has 0 N–H and O–H groups in total. The van der Waals surface area contributed by atoms with Crippen molar-refractivity contribution < 1.29 is 9.53 Å². The molecule has 1 saturated carbocycles. The first kappa shape index (κ1) is 12.6. The zero-order chi connectivity index (χ0) is 14.4. The van der Waals surface area contributed by atoms with Gasteiger partial charge in [-0.2, -0.15) is 0 Å². The topological polar surface area (TPSA) is 26.3 Å². The van der Waals surface area contributed by atoms with Crippen molar-refractivity contribution in [1.29, 1.82) is 0 Å². The molecule has 1 atom stereocenters. The normalized spacial score (nSPS) is 21.5. The highest BCUT2D eigenvalue weighted by Crippen LogP contribution is 2.50. The fourth-order valence-corrected chi connectivity index (χ4v) is 3.37. The van der Waals surface area contributed by atoms with Gasteiger partial charge in [0.1, 0.15) is 11.9 Å². The molecule has 1 unspecified atom stereocenters. The molecule has 1 aliphatic heterocycles. The zero-order valence-electron chi connectivity index (χ0n) is 12.1. The van der Waals surface area contributed by atoms with Crippen molar-refractivity contribution in [3.8, 4) is 5.75 Å². The van der Waals surface area contributed by atoms with Gasteiger partial charge in [-0.15, -0.1) is 0 Å². The molecule has 2 aliphatic rings. The Morgan fingerprint density at radius 3 is 2.62 bits per heavy atom. The number of hydrogen-bond acceptors (Lipinski definition) is 2. The minimum absolute atomic E-state index is 0.217. The molecule has 0 amide bonds. The van der Waals surface area contributed by atoms with Gasteiger partial charge in [-0.25, -0.2) is 0 Å². The Hall–Kier alpha value is -2.09. The van der Waals surface area contributed by atoms with Crippen LogP contribution in [0.1, 0.15) is 41.3 Å². The first-order valence-electron chi connectivity index (χ1n) is 7.59. The average molecular weight is 278 g/mol. The summed E-state index contributed by atoms with van der Waals surface area (Å²) >= 11 is 0. The number of ether oxygens (including phenoxy) is 1. The molecule has 1 fully saturated rings. The molecule has 1 heterocycles. The zero-order valence-corrected chi connectivity index (χ0v) is 12.1. The molecular formula is C19H18O2. The molecule has 106 valence electrons. The second-order valence-corrected chi connectivity index (χ2v) is 6.23. The molecule has 2 heteroatoms. The molecule has 4 rings (SSSR count). The van der Waals surface area contributed by atoms with Crippen LogP contribution in [0.25, 0.3) is 0 Å². The smallest absolute Gasteiger partial charge is 0.173 e. The van der Waals surface area contributed by atoms with Crippen molar-refractivity contribution in [2.45, 2.75) is 37.7 Å². The van der Waals surface area contributed by atoms with E-state index in [1.54, 1.807) is 0 Å². The quantitative estimate of drug-likeness (QED) is 0.795. The summed E-state index contributed by atoms with van der Waals surface area (Å²) in [7, 11) is 0. The Morgan fingerprint density at radius 2 is 1.90 bits per heavy atom. The molecule has 2 aromatic rings. The predicted octanol–water partition coefficient (Wildman–Crippen LogP) is 3.92. The van der Waals surface area contributed by atoms with Crippen LogP contribution in [0.5, 0.6) is 5.75 Å². The highest BCUT2D eigenvalue weighted by Gasteiger charge is 2.51. The molecule has 0 bridgehead atoms. The lowest BCUT2D eigenvalue weighted by molar-refractivity contribution is 0.0946. The van der Waals surface area contributed by atoms with Gasteiger partial charge in [0.05, 0.1) is 5.41 Å². The number of ketones is 1. The summed E-state index contributed by atoms with van der Waals surface area (Å²) in [6.45, 7) is 2.06. The van der Waals surface area contributed by atoms with Crippen molar-refractivity contribution in [3.05, 3.63) is 65.2 Å². The number of rotatable bonds is 3. The van der Waals surface area contributed by atoms with Gasteiger partial charge >= 0.3 is 0 Å². The minimum atomic E-state index is -0.277. The van der Waals surface area contributed by atoms with Crippen molar-refractivity contribution in [2.75, 3.05) is 0 Å². The van der Waals surface area contributed by atoms with Crippen LogP contribution in [0.4, 0.5) is 0 Å². The number of carbonyl (C=O) groups excluding carboxylic acids is 1. The molecule has 0 saturated heterocycles. The van der Waals surface area contributed by atoms with E-state index in [9.17, 15) is 4.79 Å². The average Bonchev–Trinajstić information content (AvgIpc) is 3.23. The summed E-state index contributed by atoms with van der Waals surface area (Å²) in [6.07, 6.45) is 3.03. The lowest BCUT2D eigenvalue weighted by Crippen LogP contribution is -2.20. The Balaban J connectivity index is 1.69. The van der Waals surface area contributed by atoms with Crippen LogP contribution in [0.3, 0.4) is 0 Å². The fraction of sp³-hybridized carbons (Fsp3) is 0.316. The van der Waals surface area contributed by atoms with Gasteiger partial charge in [0.25, 0.3) is 0 Å². The molecular weight excluding hydrogens is 260 g/mol. The highest BCUT2D eigenvalue weighted by atomic mass is 16.5. The number of fused-ring (bicyclic) bond motifs is 1. The van der Waals surface area contributed by atoms with Crippen LogP contribution in [0.2, 0.25) is 0 Å². The minimum Gasteiger partial charge on any atom is -0.490 e. The molecule has 0 radical (unpaired) electrons. The summed E-state index contributed by atoms with van der Waals surface area (Å²) in [6, 6.07) is 16.1. The largest absolute Gasteiger partial charge is 0.490 e. The van der Waals surface area contributed by atoms with E-state index in [1.807, 2.05) is 36.4 Å². The van der Waals surface area contributed by atoms with Gasteiger partial charge < -0.3 is 4.74 Å². The molecule has 0 spiro atoms. The Labute approximate surface area is 124 Å². The van der Waals surface area contributed by atoms with Gasteiger partial charge in [0.2, 0.25) is 0 Å². The number of hydrogen-bond donors (Lipinski definition) is 0. The number of carbonyl (C=O) groups is 1. The fourth-order valence-electron chi connectivity index (χ4n) is 3.37. The van der Waals surface area contributed by atoms with E-state index in [0.717, 1.165) is 41.7 Å². The van der Waals surface area contributed by atoms with Crippen LogP contribution in [0, 0.1) is 0 Å². The van der Waals surface area contributed by atoms with Crippen molar-refractivity contribution >= 4 is 5.78 Å². The van der Waals surface area contributed by atoms with Crippen LogP contribution in [-0.4, -0.2) is 11.9 Å². The Kier molecular flexibility index (Phi) is 2.68. The molecule has 1 aliphatic carbocycles. The van der Waals surface area contributed by atoms with E-state index in [0.29, 0.717) is 0 Å². The summed E-state index contributed by atoms with van der Waals surface area (Å²) in [5.41, 5.74) is 2.87. The molecule has 2 nitrogen and oxygen atoms in total. The van der Waals surface area contributed by atoms with Crippen LogP contribution >= 0.6 is 0 Å². The van der Waals surface area contributed by atoms with Crippen LogP contribution < -0.4 is 4.74 Å². The van der Waals surface area contributed by atoms with Gasteiger partial charge in [-0.3, -0.25) is 4.79 Å². The molecule has 21 heavy (non-hydrogen) atoms. The van der Waals surface area contributed by atoms with Crippen LogP contribution in [0.15, 0.2) is 48.5 Å². The summed E-state index contributed by atoms with van der Waals surface area (Å²) in [4.78, 5) is 13.0. The first-order valence-corrected chi connectivity index (χ1v) is 7.59. The Bertz CT molecular complexity index is 699. The van der Waals surface area contributed by atoms with E-state index in [1.165, 1.54) is 0 Å². The summed E-state index contributed by atoms with van der Waals surface area (Å²) < 4.78 is 5.72. The van der Waals surface area contributed by atoms with Gasteiger partial charge in [0, 0.05) is 12.0 Å².